The van der Waals surface area contributed by atoms with Gasteiger partial charge in [0.2, 0.25) is 0 Å². The Balaban J connectivity index is 1.56. The van der Waals surface area contributed by atoms with Gasteiger partial charge in [-0.15, -0.1) is 0 Å². The van der Waals surface area contributed by atoms with E-state index in [1.54, 1.807) is 32.2 Å². The van der Waals surface area contributed by atoms with E-state index >= 15 is 0 Å². The second-order valence-electron chi connectivity index (χ2n) is 8.82. The van der Waals surface area contributed by atoms with Gasteiger partial charge in [0.05, 0.1) is 23.9 Å². The largest absolute Gasteiger partial charge is 0.394 e. The van der Waals surface area contributed by atoms with Crippen molar-refractivity contribution in [3.8, 4) is 6.07 Å². The maximum atomic E-state index is 13.4. The number of rotatable bonds is 5. The van der Waals surface area contributed by atoms with Crippen molar-refractivity contribution >= 4 is 28.3 Å². The van der Waals surface area contributed by atoms with E-state index in [1.165, 1.54) is 16.8 Å². The summed E-state index contributed by atoms with van der Waals surface area (Å²) in [7, 11) is 0. The highest BCUT2D eigenvalue weighted by Crippen LogP contribution is 2.44. The van der Waals surface area contributed by atoms with Crippen molar-refractivity contribution in [2.24, 2.45) is 0 Å². The van der Waals surface area contributed by atoms with Gasteiger partial charge >= 0.3 is 0 Å². The second-order valence-corrected chi connectivity index (χ2v) is 9.18. The molecule has 2 aromatic heterocycles. The molecule has 2 fully saturated rings. The van der Waals surface area contributed by atoms with Crippen LogP contribution in [0, 0.1) is 17.1 Å². The van der Waals surface area contributed by atoms with Crippen LogP contribution < -0.4 is 5.32 Å². The number of hydrogen-bond acceptors (Lipinski definition) is 8. The molecule has 0 bridgehead atoms. The zero-order chi connectivity index (χ0) is 24.2. The van der Waals surface area contributed by atoms with Crippen LogP contribution in [0.3, 0.4) is 0 Å². The first-order chi connectivity index (χ1) is 16.2. The predicted octanol–water partition coefficient (Wildman–Crippen LogP) is 3.68. The summed E-state index contributed by atoms with van der Waals surface area (Å²) in [6.45, 7) is 5.24. The second kappa shape index (κ2) is 8.45. The van der Waals surface area contributed by atoms with E-state index < -0.39 is 30.3 Å². The monoisotopic (exact) mass is 487 g/mol. The Morgan fingerprint density at radius 2 is 2.00 bits per heavy atom. The van der Waals surface area contributed by atoms with Gasteiger partial charge < -0.3 is 24.6 Å². The Morgan fingerprint density at radius 1 is 1.29 bits per heavy atom. The Hall–Kier alpha value is -2.81. The van der Waals surface area contributed by atoms with Crippen LogP contribution in [0.25, 0.3) is 11.0 Å². The number of halogens is 2. The summed E-state index contributed by atoms with van der Waals surface area (Å²) in [6, 6.07) is 7.93. The van der Waals surface area contributed by atoms with Crippen molar-refractivity contribution in [2.75, 3.05) is 11.9 Å². The number of aliphatic hydroxyl groups is 1. The standard InChI is InChI=1S/C23H23ClFN5O4/c1-11(12-4-6-13(25)7-5-12)28-17-14(8-26)20(24)29-21-15(17)9-27-30(21)22-19-18(16(10-31)32-22)33-23(2,3)34-19/h4-7,9,11,16,18-19,22,31H,10H2,1-3H3,(H,28,29)/t11-,16+,18+,19+,22+/m0/s1. The van der Waals surface area contributed by atoms with Crippen LogP contribution in [0.15, 0.2) is 30.5 Å². The van der Waals surface area contributed by atoms with E-state index in [0.29, 0.717) is 16.7 Å². The Morgan fingerprint density at radius 3 is 2.68 bits per heavy atom. The zero-order valence-electron chi connectivity index (χ0n) is 18.7. The maximum absolute atomic E-state index is 13.4. The molecule has 0 spiro atoms. The van der Waals surface area contributed by atoms with Crippen molar-refractivity contribution in [1.29, 1.82) is 5.26 Å². The molecule has 0 radical (unpaired) electrons. The number of aromatic nitrogens is 3. The summed E-state index contributed by atoms with van der Waals surface area (Å²) in [6.07, 6.45) is -0.748. The number of ether oxygens (including phenoxy) is 3. The molecule has 3 aromatic rings. The third-order valence-corrected chi connectivity index (χ3v) is 6.36. The molecule has 2 aliphatic rings. The summed E-state index contributed by atoms with van der Waals surface area (Å²) in [5, 5.41) is 27.9. The number of nitriles is 1. The molecular formula is C23H23ClFN5O4. The molecular weight excluding hydrogens is 465 g/mol. The molecule has 5 rings (SSSR count). The van der Waals surface area contributed by atoms with Crippen LogP contribution in [-0.2, 0) is 14.2 Å². The van der Waals surface area contributed by atoms with E-state index in [2.05, 4.69) is 21.5 Å². The van der Waals surface area contributed by atoms with Crippen molar-refractivity contribution < 1.29 is 23.7 Å². The number of nitrogens with zero attached hydrogens (tertiary/aromatic N) is 4. The van der Waals surface area contributed by atoms with Gasteiger partial charge in [-0.25, -0.2) is 14.1 Å². The highest BCUT2D eigenvalue weighted by atomic mass is 35.5. The van der Waals surface area contributed by atoms with Crippen LogP contribution in [0.4, 0.5) is 10.1 Å². The first-order valence-electron chi connectivity index (χ1n) is 10.8. The molecule has 2 N–H and O–H groups in total. The van der Waals surface area contributed by atoms with Crippen LogP contribution in [-0.4, -0.2) is 50.6 Å². The van der Waals surface area contributed by atoms with Crippen molar-refractivity contribution in [2.45, 2.75) is 57.1 Å². The number of nitrogens with one attached hydrogen (secondary N) is 1. The summed E-state index contributed by atoms with van der Waals surface area (Å²) in [5.41, 5.74) is 1.83. The topological polar surface area (TPSA) is 114 Å². The van der Waals surface area contributed by atoms with Gasteiger partial charge in [-0.1, -0.05) is 23.7 Å². The van der Waals surface area contributed by atoms with Gasteiger partial charge in [0.1, 0.15) is 35.8 Å². The smallest absolute Gasteiger partial charge is 0.181 e. The first-order valence-corrected chi connectivity index (χ1v) is 11.2. The number of fused-ring (bicyclic) bond motifs is 2. The van der Waals surface area contributed by atoms with Gasteiger partial charge in [0, 0.05) is 6.04 Å². The summed E-state index contributed by atoms with van der Waals surface area (Å²) in [4.78, 5) is 4.42. The molecule has 11 heteroatoms. The van der Waals surface area contributed by atoms with Crippen LogP contribution in [0.5, 0.6) is 0 Å². The molecule has 2 aliphatic heterocycles. The number of hydrogen-bond donors (Lipinski definition) is 2. The normalized spacial score (nSPS) is 26.4. The minimum atomic E-state index is -0.843. The number of aliphatic hydroxyl groups excluding tert-OH is 1. The fraction of sp³-hybridized carbons (Fsp3) is 0.435. The Kier molecular flexibility index (Phi) is 5.70. The maximum Gasteiger partial charge on any atom is 0.181 e. The molecule has 5 atom stereocenters. The zero-order valence-corrected chi connectivity index (χ0v) is 19.5. The SMILES string of the molecule is C[C@H](Nc1c(C#N)c(Cl)nc2c1cnn2[C@@H]1O[C@H](CO)[C@H]2OC(C)(C)O[C@H]21)c1ccc(F)cc1. The number of anilines is 1. The van der Waals surface area contributed by atoms with Crippen LogP contribution in [0.2, 0.25) is 5.15 Å². The third kappa shape index (κ3) is 3.79. The molecule has 0 amide bonds. The molecule has 0 aliphatic carbocycles. The van der Waals surface area contributed by atoms with Gasteiger partial charge in [-0.3, -0.25) is 0 Å². The predicted molar refractivity (Wildman–Crippen MR) is 121 cm³/mol. The molecule has 34 heavy (non-hydrogen) atoms. The lowest BCUT2D eigenvalue weighted by Crippen LogP contribution is -2.31. The van der Waals surface area contributed by atoms with Crippen LogP contribution >= 0.6 is 11.6 Å². The molecule has 0 unspecified atom stereocenters. The fourth-order valence-electron chi connectivity index (χ4n) is 4.52. The van der Waals surface area contributed by atoms with E-state index in [-0.39, 0.29) is 29.2 Å². The lowest BCUT2D eigenvalue weighted by molar-refractivity contribution is -0.201. The molecule has 0 saturated carbocycles. The summed E-state index contributed by atoms with van der Waals surface area (Å²) >= 11 is 6.41. The van der Waals surface area contributed by atoms with Crippen molar-refractivity contribution in [3.05, 3.63) is 52.6 Å². The lowest BCUT2D eigenvalue weighted by Gasteiger charge is -2.24. The molecule has 2 saturated heterocycles. The van der Waals surface area contributed by atoms with Gasteiger partial charge in [0.25, 0.3) is 0 Å². The highest BCUT2D eigenvalue weighted by molar-refractivity contribution is 6.31. The highest BCUT2D eigenvalue weighted by Gasteiger charge is 2.56. The Labute approximate surface area is 200 Å². The summed E-state index contributed by atoms with van der Waals surface area (Å²) < 4.78 is 32.9. The van der Waals surface area contributed by atoms with Gasteiger partial charge in [0.15, 0.2) is 22.8 Å². The molecule has 9 nitrogen and oxygen atoms in total. The average Bonchev–Trinajstić information content (AvgIpc) is 3.44. The van der Waals surface area contributed by atoms with E-state index in [1.807, 2.05) is 6.92 Å². The fourth-order valence-corrected chi connectivity index (χ4v) is 4.74. The molecule has 1 aromatic carbocycles. The third-order valence-electron chi connectivity index (χ3n) is 6.09. The van der Waals surface area contributed by atoms with E-state index in [9.17, 15) is 14.8 Å². The Bertz CT molecular complexity index is 1280. The lowest BCUT2D eigenvalue weighted by atomic mass is 10.1. The summed E-state index contributed by atoms with van der Waals surface area (Å²) in [5.74, 6) is -1.17. The average molecular weight is 488 g/mol. The van der Waals surface area contributed by atoms with Gasteiger partial charge in [-0.2, -0.15) is 10.4 Å². The molecule has 178 valence electrons. The van der Waals surface area contributed by atoms with E-state index in [4.69, 9.17) is 25.8 Å². The first kappa shape index (κ1) is 23.0. The van der Waals surface area contributed by atoms with E-state index in [0.717, 1.165) is 5.56 Å². The number of pyridine rings is 1. The van der Waals surface area contributed by atoms with Crippen molar-refractivity contribution in [3.63, 3.8) is 0 Å². The van der Waals surface area contributed by atoms with Crippen molar-refractivity contribution in [1.82, 2.24) is 14.8 Å². The number of benzene rings is 1. The quantitative estimate of drug-likeness (QED) is 0.524. The minimum absolute atomic E-state index is 0.00253. The minimum Gasteiger partial charge on any atom is -0.394 e. The van der Waals surface area contributed by atoms with Crippen LogP contribution in [0.1, 0.15) is 44.2 Å². The molecule has 4 heterocycles. The van der Waals surface area contributed by atoms with Gasteiger partial charge in [-0.05, 0) is 38.5 Å².